The van der Waals surface area contributed by atoms with Gasteiger partial charge in [0.2, 0.25) is 5.91 Å². The molecule has 5 heteroatoms. The van der Waals surface area contributed by atoms with Crippen molar-refractivity contribution < 1.29 is 14.6 Å². The van der Waals surface area contributed by atoms with E-state index in [1.807, 2.05) is 0 Å². The number of hydrogen-bond acceptors (Lipinski definition) is 3. The topological polar surface area (TPSA) is 58.6 Å². The van der Waals surface area contributed by atoms with Gasteiger partial charge in [-0.2, -0.15) is 0 Å². The Balaban J connectivity index is 2.33. The molecule has 0 radical (unpaired) electrons. The number of carbonyl (C=O) groups is 1. The lowest BCUT2D eigenvalue weighted by molar-refractivity contribution is -0.125. The molecular weight excluding hydrogens is 274 g/mol. The maximum atomic E-state index is 11.7. The molecule has 0 spiro atoms. The van der Waals surface area contributed by atoms with Crippen molar-refractivity contribution >= 4 is 21.8 Å². The number of unbranched alkanes of at least 4 members (excludes halogenated alkanes) is 1. The Bertz CT molecular complexity index is 217. The smallest absolute Gasteiger partial charge is 0.220 e. The van der Waals surface area contributed by atoms with Crippen molar-refractivity contribution in [3.63, 3.8) is 0 Å². The lowest BCUT2D eigenvalue weighted by atomic mass is 9.90. The molecule has 94 valence electrons. The first-order valence-corrected chi connectivity index (χ1v) is 6.90. The second kappa shape index (κ2) is 7.25. The number of ether oxygens (including phenoxy) is 1. The van der Waals surface area contributed by atoms with Crippen LogP contribution in [0, 0.1) is 0 Å². The van der Waals surface area contributed by atoms with Gasteiger partial charge < -0.3 is 15.2 Å². The Morgan fingerprint density at radius 3 is 2.62 bits per heavy atom. The van der Waals surface area contributed by atoms with Gasteiger partial charge in [0.15, 0.2) is 0 Å². The van der Waals surface area contributed by atoms with Gasteiger partial charge in [0, 0.05) is 25.0 Å². The van der Waals surface area contributed by atoms with Crippen LogP contribution >= 0.6 is 15.9 Å². The Kier molecular flexibility index (Phi) is 6.31. The average Bonchev–Trinajstić information content (AvgIpc) is 2.30. The first kappa shape index (κ1) is 13.9. The minimum atomic E-state index is -0.441. The van der Waals surface area contributed by atoms with Gasteiger partial charge in [-0.3, -0.25) is 4.79 Å². The van der Waals surface area contributed by atoms with E-state index in [1.165, 1.54) is 0 Å². The van der Waals surface area contributed by atoms with Crippen LogP contribution < -0.4 is 5.32 Å². The number of halogens is 1. The predicted octanol–water partition coefficient (Wildman–Crippen LogP) is 1.21. The molecule has 0 atom stereocenters. The quantitative estimate of drug-likeness (QED) is 0.572. The summed E-state index contributed by atoms with van der Waals surface area (Å²) in [7, 11) is 0. The lowest BCUT2D eigenvalue weighted by Gasteiger charge is -2.36. The molecule has 1 saturated heterocycles. The molecule has 0 bridgehead atoms. The molecule has 0 aliphatic carbocycles. The third-order valence-electron chi connectivity index (χ3n) is 2.94. The minimum absolute atomic E-state index is 0.000540. The molecule has 2 N–H and O–H groups in total. The molecule has 1 rings (SSSR count). The summed E-state index contributed by atoms with van der Waals surface area (Å²) in [5, 5.41) is 13.3. The number of hydrogen-bond donors (Lipinski definition) is 2. The molecule has 0 saturated carbocycles. The molecule has 0 aromatic rings. The fourth-order valence-corrected chi connectivity index (χ4v) is 2.22. The van der Waals surface area contributed by atoms with E-state index in [0.29, 0.717) is 32.5 Å². The monoisotopic (exact) mass is 293 g/mol. The Hall–Kier alpha value is -0.130. The first-order valence-electron chi connectivity index (χ1n) is 5.78. The number of alkyl halides is 1. The van der Waals surface area contributed by atoms with Gasteiger partial charge in [-0.1, -0.05) is 15.9 Å². The van der Waals surface area contributed by atoms with Crippen molar-refractivity contribution in [2.45, 2.75) is 37.6 Å². The van der Waals surface area contributed by atoms with Crippen LogP contribution in [-0.4, -0.2) is 41.7 Å². The molecule has 1 heterocycles. The van der Waals surface area contributed by atoms with Gasteiger partial charge in [-0.05, 0) is 25.7 Å². The highest BCUT2D eigenvalue weighted by atomic mass is 79.9. The SMILES string of the molecule is O=C(CCCCBr)NC1(CO)CCOCC1. The van der Waals surface area contributed by atoms with Gasteiger partial charge in [0.05, 0.1) is 12.1 Å². The average molecular weight is 294 g/mol. The highest BCUT2D eigenvalue weighted by Crippen LogP contribution is 2.20. The summed E-state index contributed by atoms with van der Waals surface area (Å²) in [6, 6.07) is 0. The Labute approximate surface area is 105 Å². The second-order valence-corrected chi connectivity index (χ2v) is 5.04. The van der Waals surface area contributed by atoms with Gasteiger partial charge in [-0.25, -0.2) is 0 Å². The van der Waals surface area contributed by atoms with Crippen molar-refractivity contribution in [2.24, 2.45) is 0 Å². The van der Waals surface area contributed by atoms with Crippen LogP contribution in [0.3, 0.4) is 0 Å². The van der Waals surface area contributed by atoms with Gasteiger partial charge in [0.1, 0.15) is 0 Å². The van der Waals surface area contributed by atoms with E-state index in [-0.39, 0.29) is 12.5 Å². The third-order valence-corrected chi connectivity index (χ3v) is 3.51. The van der Waals surface area contributed by atoms with Crippen LogP contribution in [0.1, 0.15) is 32.1 Å². The Morgan fingerprint density at radius 1 is 1.38 bits per heavy atom. The summed E-state index contributed by atoms with van der Waals surface area (Å²) in [6.07, 6.45) is 3.83. The molecule has 1 fully saturated rings. The molecule has 4 nitrogen and oxygen atoms in total. The van der Waals surface area contributed by atoms with Gasteiger partial charge in [0.25, 0.3) is 0 Å². The van der Waals surface area contributed by atoms with Crippen molar-refractivity contribution in [3.05, 3.63) is 0 Å². The minimum Gasteiger partial charge on any atom is -0.394 e. The molecular formula is C11H20BrNO3. The molecule has 0 aromatic heterocycles. The van der Waals surface area contributed by atoms with Crippen molar-refractivity contribution in [3.8, 4) is 0 Å². The first-order chi connectivity index (χ1) is 7.72. The maximum absolute atomic E-state index is 11.7. The number of rotatable bonds is 6. The van der Waals surface area contributed by atoms with Crippen LogP contribution in [0.4, 0.5) is 0 Å². The number of nitrogens with one attached hydrogen (secondary N) is 1. The van der Waals surface area contributed by atoms with Gasteiger partial charge in [-0.15, -0.1) is 0 Å². The van der Waals surface area contributed by atoms with Crippen LogP contribution in [0.5, 0.6) is 0 Å². The lowest BCUT2D eigenvalue weighted by Crippen LogP contribution is -2.54. The number of amides is 1. The summed E-state index contributed by atoms with van der Waals surface area (Å²) < 4.78 is 5.24. The summed E-state index contributed by atoms with van der Waals surface area (Å²) >= 11 is 3.33. The zero-order chi connectivity index (χ0) is 11.9. The second-order valence-electron chi connectivity index (χ2n) is 4.25. The van der Waals surface area contributed by atoms with Gasteiger partial charge >= 0.3 is 0 Å². The standard InChI is InChI=1S/C11H20BrNO3/c12-6-2-1-3-10(15)13-11(9-14)4-7-16-8-5-11/h14H,1-9H2,(H,13,15). The zero-order valence-corrected chi connectivity index (χ0v) is 11.1. The maximum Gasteiger partial charge on any atom is 0.220 e. The molecule has 1 amide bonds. The fraction of sp³-hybridized carbons (Fsp3) is 0.909. The van der Waals surface area contributed by atoms with Crippen molar-refractivity contribution in [2.75, 3.05) is 25.2 Å². The third kappa shape index (κ3) is 4.39. The number of aliphatic hydroxyl groups excluding tert-OH is 1. The van der Waals surface area contributed by atoms with Crippen molar-refractivity contribution in [1.82, 2.24) is 5.32 Å². The normalized spacial score (nSPS) is 19.4. The highest BCUT2D eigenvalue weighted by Gasteiger charge is 2.33. The highest BCUT2D eigenvalue weighted by molar-refractivity contribution is 9.09. The van der Waals surface area contributed by atoms with Crippen LogP contribution in [0.15, 0.2) is 0 Å². The number of aliphatic hydroxyl groups is 1. The molecule has 0 aromatic carbocycles. The Morgan fingerprint density at radius 2 is 2.06 bits per heavy atom. The molecule has 1 aliphatic heterocycles. The summed E-state index contributed by atoms with van der Waals surface area (Å²) in [5.74, 6) is 0.0388. The zero-order valence-electron chi connectivity index (χ0n) is 9.51. The van der Waals surface area contributed by atoms with E-state index in [9.17, 15) is 9.90 Å². The fourth-order valence-electron chi connectivity index (χ4n) is 1.82. The van der Waals surface area contributed by atoms with E-state index >= 15 is 0 Å². The molecule has 0 unspecified atom stereocenters. The van der Waals surface area contributed by atoms with E-state index < -0.39 is 5.54 Å². The largest absolute Gasteiger partial charge is 0.394 e. The summed E-state index contributed by atoms with van der Waals surface area (Å²) in [6.45, 7) is 1.23. The summed E-state index contributed by atoms with van der Waals surface area (Å²) in [4.78, 5) is 11.7. The summed E-state index contributed by atoms with van der Waals surface area (Å²) in [5.41, 5.74) is -0.441. The molecule has 1 aliphatic rings. The van der Waals surface area contributed by atoms with E-state index in [2.05, 4.69) is 21.2 Å². The van der Waals surface area contributed by atoms with E-state index in [1.54, 1.807) is 0 Å². The van der Waals surface area contributed by atoms with Crippen LogP contribution in [0.25, 0.3) is 0 Å². The van der Waals surface area contributed by atoms with Crippen molar-refractivity contribution in [1.29, 1.82) is 0 Å². The van der Waals surface area contributed by atoms with E-state index in [4.69, 9.17) is 4.74 Å². The van der Waals surface area contributed by atoms with E-state index in [0.717, 1.165) is 18.2 Å². The number of carbonyl (C=O) groups excluding carboxylic acids is 1. The molecule has 16 heavy (non-hydrogen) atoms. The van der Waals surface area contributed by atoms with Crippen LogP contribution in [-0.2, 0) is 9.53 Å². The van der Waals surface area contributed by atoms with Crippen LogP contribution in [0.2, 0.25) is 0 Å². The predicted molar refractivity (Wildman–Crippen MR) is 65.7 cm³/mol.